The molecule has 6 nitrogen and oxygen atoms in total. The van der Waals surface area contributed by atoms with Crippen molar-refractivity contribution < 1.29 is 4.79 Å². The van der Waals surface area contributed by atoms with E-state index < -0.39 is 0 Å². The summed E-state index contributed by atoms with van der Waals surface area (Å²) >= 11 is 0. The number of fused-ring (bicyclic) bond motifs is 2. The van der Waals surface area contributed by atoms with E-state index in [1.54, 1.807) is 6.20 Å². The summed E-state index contributed by atoms with van der Waals surface area (Å²) in [6, 6.07) is 13.2. The Balaban J connectivity index is 1.49. The van der Waals surface area contributed by atoms with E-state index in [0.717, 1.165) is 32.4 Å². The fourth-order valence-electron chi connectivity index (χ4n) is 5.25. The third-order valence-corrected chi connectivity index (χ3v) is 6.60. The van der Waals surface area contributed by atoms with Crippen LogP contribution >= 0.6 is 0 Å². The molecule has 0 saturated carbocycles. The molecule has 0 spiro atoms. The van der Waals surface area contributed by atoms with Crippen LogP contribution < -0.4 is 0 Å². The molecule has 0 unspecified atom stereocenters. The number of likely N-dealkylation sites (N-methyl/N-ethyl adjacent to an activating group) is 1. The molecule has 6 heteroatoms. The van der Waals surface area contributed by atoms with Gasteiger partial charge in [0.05, 0.1) is 0 Å². The maximum absolute atomic E-state index is 13.5. The van der Waals surface area contributed by atoms with Gasteiger partial charge in [-0.2, -0.15) is 0 Å². The lowest BCUT2D eigenvalue weighted by molar-refractivity contribution is 0.0314. The van der Waals surface area contributed by atoms with Crippen LogP contribution in [-0.4, -0.2) is 62.3 Å². The fraction of sp³-hybridized carbons (Fsp3) is 0.435. The molecule has 2 aliphatic heterocycles. The van der Waals surface area contributed by atoms with E-state index in [1.165, 1.54) is 12.0 Å². The average molecular weight is 390 g/mol. The lowest BCUT2D eigenvalue weighted by Crippen LogP contribution is -2.58. The number of likely N-dealkylation sites (tertiary alicyclic amines) is 2. The molecular formula is C23H27N5O. The molecule has 29 heavy (non-hydrogen) atoms. The number of piperidine rings is 1. The van der Waals surface area contributed by atoms with Gasteiger partial charge >= 0.3 is 0 Å². The van der Waals surface area contributed by atoms with Crippen LogP contribution in [0.25, 0.3) is 5.78 Å². The Kier molecular flexibility index (Phi) is 4.79. The summed E-state index contributed by atoms with van der Waals surface area (Å²) < 4.78 is 1.82. The maximum atomic E-state index is 13.5. The topological polar surface area (TPSA) is 53.7 Å². The van der Waals surface area contributed by atoms with Gasteiger partial charge in [-0.05, 0) is 44.5 Å². The van der Waals surface area contributed by atoms with Crippen molar-refractivity contribution in [3.63, 3.8) is 0 Å². The minimum Gasteiger partial charge on any atom is -0.333 e. The number of amides is 1. The van der Waals surface area contributed by atoms with Gasteiger partial charge in [-0.3, -0.25) is 9.20 Å². The second-order valence-electron chi connectivity index (χ2n) is 8.29. The molecule has 0 bridgehead atoms. The van der Waals surface area contributed by atoms with Gasteiger partial charge in [0.25, 0.3) is 5.91 Å². The van der Waals surface area contributed by atoms with Crippen LogP contribution in [0.3, 0.4) is 0 Å². The molecule has 150 valence electrons. The average Bonchev–Trinajstić information content (AvgIpc) is 3.11. The standard InChI is InChI=1S/C23H27N5O/c1-26-13-6-5-10-20-21(26)18(17-8-3-2-4-9-17)11-15-28(20)22(29)19-16-27-14-7-12-24-23(27)25-19/h2-4,7-9,12,14,16,18,20-21H,5-6,10-11,13,15H2,1H3/t18-,20-,21-/m1/s1. The van der Waals surface area contributed by atoms with Crippen LogP contribution in [0.1, 0.15) is 47.7 Å². The molecule has 1 aromatic carbocycles. The number of rotatable bonds is 2. The van der Waals surface area contributed by atoms with Gasteiger partial charge < -0.3 is 9.80 Å². The fourth-order valence-corrected chi connectivity index (χ4v) is 5.25. The maximum Gasteiger partial charge on any atom is 0.274 e. The summed E-state index contributed by atoms with van der Waals surface area (Å²) in [6.45, 7) is 1.86. The first kappa shape index (κ1) is 18.3. The highest BCUT2D eigenvalue weighted by Gasteiger charge is 2.43. The minimum absolute atomic E-state index is 0.0345. The second kappa shape index (κ2) is 7.59. The molecule has 5 rings (SSSR count). The lowest BCUT2D eigenvalue weighted by Gasteiger charge is -2.48. The zero-order valence-electron chi connectivity index (χ0n) is 16.8. The number of carbonyl (C=O) groups is 1. The van der Waals surface area contributed by atoms with Gasteiger partial charge in [0, 0.05) is 43.1 Å². The van der Waals surface area contributed by atoms with Gasteiger partial charge in [0.15, 0.2) is 0 Å². The zero-order valence-corrected chi connectivity index (χ0v) is 16.8. The summed E-state index contributed by atoms with van der Waals surface area (Å²) in [7, 11) is 2.22. The third kappa shape index (κ3) is 3.31. The van der Waals surface area contributed by atoms with E-state index in [1.807, 2.05) is 22.9 Å². The molecule has 2 aliphatic rings. The monoisotopic (exact) mass is 389 g/mol. The van der Waals surface area contributed by atoms with Gasteiger partial charge in [-0.1, -0.05) is 36.8 Å². The van der Waals surface area contributed by atoms with Crippen molar-refractivity contribution in [3.05, 3.63) is 66.2 Å². The molecule has 0 N–H and O–H groups in total. The van der Waals surface area contributed by atoms with Gasteiger partial charge in [-0.25, -0.2) is 9.97 Å². The van der Waals surface area contributed by atoms with E-state index in [2.05, 4.69) is 57.1 Å². The van der Waals surface area contributed by atoms with E-state index in [9.17, 15) is 4.79 Å². The van der Waals surface area contributed by atoms with Crippen LogP contribution in [0, 0.1) is 0 Å². The zero-order chi connectivity index (χ0) is 19.8. The molecule has 0 radical (unpaired) electrons. The Labute approximate surface area is 171 Å². The van der Waals surface area contributed by atoms with Crippen LogP contribution in [0.4, 0.5) is 0 Å². The molecule has 2 saturated heterocycles. The van der Waals surface area contributed by atoms with Crippen molar-refractivity contribution in [3.8, 4) is 0 Å². The molecule has 2 fully saturated rings. The Hall–Kier alpha value is -2.73. The van der Waals surface area contributed by atoms with Gasteiger partial charge in [0.2, 0.25) is 5.78 Å². The quantitative estimate of drug-likeness (QED) is 0.675. The van der Waals surface area contributed by atoms with Gasteiger partial charge in [0.1, 0.15) is 5.69 Å². The van der Waals surface area contributed by atoms with Crippen LogP contribution in [-0.2, 0) is 0 Å². The van der Waals surface area contributed by atoms with Crippen LogP contribution in [0.5, 0.6) is 0 Å². The van der Waals surface area contributed by atoms with Crippen molar-refractivity contribution >= 4 is 11.7 Å². The van der Waals surface area contributed by atoms with Crippen molar-refractivity contribution in [2.45, 2.75) is 43.7 Å². The Morgan fingerprint density at radius 1 is 1.07 bits per heavy atom. The van der Waals surface area contributed by atoms with Crippen molar-refractivity contribution in [1.29, 1.82) is 0 Å². The molecule has 3 atom stereocenters. The summed E-state index contributed by atoms with van der Waals surface area (Å²) in [5.41, 5.74) is 1.88. The summed E-state index contributed by atoms with van der Waals surface area (Å²) in [5.74, 6) is 1.06. The largest absolute Gasteiger partial charge is 0.333 e. The second-order valence-corrected chi connectivity index (χ2v) is 8.29. The predicted molar refractivity (Wildman–Crippen MR) is 112 cm³/mol. The number of hydrogen-bond acceptors (Lipinski definition) is 4. The van der Waals surface area contributed by atoms with Crippen molar-refractivity contribution in [2.75, 3.05) is 20.1 Å². The van der Waals surface area contributed by atoms with E-state index >= 15 is 0 Å². The Morgan fingerprint density at radius 3 is 2.76 bits per heavy atom. The number of hydrogen-bond donors (Lipinski definition) is 0. The molecule has 0 aliphatic carbocycles. The van der Waals surface area contributed by atoms with E-state index in [0.29, 0.717) is 23.4 Å². The minimum atomic E-state index is 0.0345. The molecule has 4 heterocycles. The number of benzene rings is 1. The highest BCUT2D eigenvalue weighted by molar-refractivity contribution is 5.93. The van der Waals surface area contributed by atoms with Crippen LogP contribution in [0.15, 0.2) is 55.0 Å². The molecule has 2 aromatic heterocycles. The smallest absolute Gasteiger partial charge is 0.274 e. The summed E-state index contributed by atoms with van der Waals surface area (Å²) in [4.78, 5) is 26.8. The van der Waals surface area contributed by atoms with E-state index in [-0.39, 0.29) is 11.9 Å². The lowest BCUT2D eigenvalue weighted by atomic mass is 9.79. The first-order valence-electron chi connectivity index (χ1n) is 10.6. The number of nitrogens with zero attached hydrogens (tertiary/aromatic N) is 5. The number of aromatic nitrogens is 3. The summed E-state index contributed by atoms with van der Waals surface area (Å²) in [6.07, 6.45) is 9.77. The van der Waals surface area contributed by atoms with Crippen molar-refractivity contribution in [1.82, 2.24) is 24.2 Å². The highest BCUT2D eigenvalue weighted by Crippen LogP contribution is 2.38. The molecular weight excluding hydrogens is 362 g/mol. The third-order valence-electron chi connectivity index (χ3n) is 6.60. The summed E-state index contributed by atoms with van der Waals surface area (Å²) in [5, 5.41) is 0. The number of imidazole rings is 1. The first-order valence-corrected chi connectivity index (χ1v) is 10.6. The highest BCUT2D eigenvalue weighted by atomic mass is 16.2. The Morgan fingerprint density at radius 2 is 1.93 bits per heavy atom. The first-order chi connectivity index (χ1) is 14.2. The SMILES string of the molecule is CN1CCCC[C@@H]2[C@H]1[C@@H](c1ccccc1)CCN2C(=O)c1cn2cccnc2n1. The predicted octanol–water partition coefficient (Wildman–Crippen LogP) is 3.21. The molecule has 3 aromatic rings. The Bertz CT molecular complexity index is 968. The van der Waals surface area contributed by atoms with E-state index in [4.69, 9.17) is 0 Å². The number of carbonyl (C=O) groups excluding carboxylic acids is 1. The van der Waals surface area contributed by atoms with Crippen LogP contribution in [0.2, 0.25) is 0 Å². The molecule has 1 amide bonds. The normalized spacial score (nSPS) is 25.6. The van der Waals surface area contributed by atoms with Gasteiger partial charge in [-0.15, -0.1) is 0 Å². The van der Waals surface area contributed by atoms with Crippen molar-refractivity contribution in [2.24, 2.45) is 0 Å².